The van der Waals surface area contributed by atoms with E-state index < -0.39 is 22.0 Å². The summed E-state index contributed by atoms with van der Waals surface area (Å²) in [5, 5.41) is 4.09. The lowest BCUT2D eigenvalue weighted by Gasteiger charge is -2.20. The summed E-state index contributed by atoms with van der Waals surface area (Å²) in [7, 11) is -3.77. The van der Waals surface area contributed by atoms with E-state index in [0.717, 1.165) is 5.69 Å². The first-order valence-electron chi connectivity index (χ1n) is 6.91. The highest BCUT2D eigenvalue weighted by Gasteiger charge is 2.39. The standard InChI is InChI=1S/C14H16N4O3S/c15-14(19)13-7-4-8-18(13)22(20,21)12-9-16-17(10-12)11-5-2-1-3-6-11/h1-3,5-6,9-10,13H,4,7-8H2,(H2,15,19)/t13-/m0/s1. The zero-order chi connectivity index (χ0) is 15.7. The van der Waals surface area contributed by atoms with Gasteiger partial charge < -0.3 is 5.73 Å². The molecule has 2 N–H and O–H groups in total. The first kappa shape index (κ1) is 14.7. The van der Waals surface area contributed by atoms with Crippen molar-refractivity contribution in [2.45, 2.75) is 23.8 Å². The van der Waals surface area contributed by atoms with Crippen LogP contribution in [0.4, 0.5) is 0 Å². The molecule has 2 aromatic rings. The van der Waals surface area contributed by atoms with Crippen LogP contribution >= 0.6 is 0 Å². The molecule has 8 heteroatoms. The summed E-state index contributed by atoms with van der Waals surface area (Å²) < 4.78 is 28.0. The third-order valence-electron chi connectivity index (χ3n) is 3.72. The number of nitrogens with zero attached hydrogens (tertiary/aromatic N) is 3. The summed E-state index contributed by atoms with van der Waals surface area (Å²) in [6.45, 7) is 0.298. The highest BCUT2D eigenvalue weighted by Crippen LogP contribution is 2.26. The quantitative estimate of drug-likeness (QED) is 0.887. The molecule has 1 aliphatic heterocycles. The maximum atomic E-state index is 12.7. The van der Waals surface area contributed by atoms with Gasteiger partial charge in [0, 0.05) is 6.54 Å². The van der Waals surface area contributed by atoms with Crippen molar-refractivity contribution in [3.63, 3.8) is 0 Å². The molecule has 1 atom stereocenters. The summed E-state index contributed by atoms with van der Waals surface area (Å²) in [6, 6.07) is 8.43. The van der Waals surface area contributed by atoms with Crippen LogP contribution in [0.5, 0.6) is 0 Å². The molecule has 0 saturated carbocycles. The van der Waals surface area contributed by atoms with Gasteiger partial charge in [0.15, 0.2) is 0 Å². The molecule has 22 heavy (non-hydrogen) atoms. The molecule has 116 valence electrons. The molecule has 0 spiro atoms. The van der Waals surface area contributed by atoms with Gasteiger partial charge in [-0.05, 0) is 25.0 Å². The predicted molar refractivity (Wildman–Crippen MR) is 79.7 cm³/mol. The molecule has 1 aromatic carbocycles. The topological polar surface area (TPSA) is 98.3 Å². The van der Waals surface area contributed by atoms with E-state index in [1.807, 2.05) is 30.3 Å². The number of hydrogen-bond acceptors (Lipinski definition) is 4. The number of carbonyl (C=O) groups excluding carboxylic acids is 1. The van der Waals surface area contributed by atoms with E-state index in [2.05, 4.69) is 5.10 Å². The number of carbonyl (C=O) groups is 1. The fourth-order valence-electron chi connectivity index (χ4n) is 2.61. The van der Waals surface area contributed by atoms with Crippen molar-refractivity contribution in [3.05, 3.63) is 42.7 Å². The molecule has 1 amide bonds. The van der Waals surface area contributed by atoms with Crippen molar-refractivity contribution in [3.8, 4) is 5.69 Å². The Labute approximate surface area is 128 Å². The molecule has 1 fully saturated rings. The van der Waals surface area contributed by atoms with Gasteiger partial charge in [0.2, 0.25) is 15.9 Å². The SMILES string of the molecule is NC(=O)[C@@H]1CCCN1S(=O)(=O)c1cnn(-c2ccccc2)c1. The first-order valence-corrected chi connectivity index (χ1v) is 8.35. The van der Waals surface area contributed by atoms with Crippen molar-refractivity contribution in [2.24, 2.45) is 5.73 Å². The van der Waals surface area contributed by atoms with Crippen LogP contribution in [0.1, 0.15) is 12.8 Å². The van der Waals surface area contributed by atoms with E-state index in [1.54, 1.807) is 0 Å². The van der Waals surface area contributed by atoms with Crippen LogP contribution < -0.4 is 5.73 Å². The monoisotopic (exact) mass is 320 g/mol. The lowest BCUT2D eigenvalue weighted by atomic mass is 10.2. The van der Waals surface area contributed by atoms with Crippen LogP contribution in [0, 0.1) is 0 Å². The van der Waals surface area contributed by atoms with Crippen LogP contribution in [-0.4, -0.2) is 41.0 Å². The van der Waals surface area contributed by atoms with E-state index in [0.29, 0.717) is 19.4 Å². The van der Waals surface area contributed by atoms with Crippen LogP contribution in [-0.2, 0) is 14.8 Å². The highest BCUT2D eigenvalue weighted by atomic mass is 32.2. The Hall–Kier alpha value is -2.19. The summed E-state index contributed by atoms with van der Waals surface area (Å²) >= 11 is 0. The molecule has 3 rings (SSSR count). The maximum absolute atomic E-state index is 12.7. The van der Waals surface area contributed by atoms with Crippen molar-refractivity contribution >= 4 is 15.9 Å². The Morgan fingerprint density at radius 2 is 2.00 bits per heavy atom. The van der Waals surface area contributed by atoms with Gasteiger partial charge in [-0.25, -0.2) is 13.1 Å². The largest absolute Gasteiger partial charge is 0.368 e. The Morgan fingerprint density at radius 1 is 1.27 bits per heavy atom. The molecular formula is C14H16N4O3S. The molecule has 0 bridgehead atoms. The normalized spacial score (nSPS) is 19.4. The molecule has 0 radical (unpaired) electrons. The molecule has 1 saturated heterocycles. The van der Waals surface area contributed by atoms with E-state index in [-0.39, 0.29) is 4.90 Å². The number of hydrogen-bond donors (Lipinski definition) is 1. The minimum absolute atomic E-state index is 0.0597. The van der Waals surface area contributed by atoms with Crippen molar-refractivity contribution in [2.75, 3.05) is 6.54 Å². The van der Waals surface area contributed by atoms with Gasteiger partial charge in [0.25, 0.3) is 0 Å². The number of para-hydroxylation sites is 1. The van der Waals surface area contributed by atoms with Crippen molar-refractivity contribution in [1.29, 1.82) is 0 Å². The zero-order valence-corrected chi connectivity index (χ0v) is 12.6. The summed E-state index contributed by atoms with van der Waals surface area (Å²) in [4.78, 5) is 11.5. The lowest BCUT2D eigenvalue weighted by Crippen LogP contribution is -2.43. The molecular weight excluding hydrogens is 304 g/mol. The number of amides is 1. The van der Waals surface area contributed by atoms with E-state index >= 15 is 0 Å². The number of benzene rings is 1. The minimum Gasteiger partial charge on any atom is -0.368 e. The molecule has 7 nitrogen and oxygen atoms in total. The van der Waals surface area contributed by atoms with Gasteiger partial charge >= 0.3 is 0 Å². The average molecular weight is 320 g/mol. The fraction of sp³-hybridized carbons (Fsp3) is 0.286. The summed E-state index contributed by atoms with van der Waals surface area (Å²) in [5.41, 5.74) is 6.05. The summed E-state index contributed by atoms with van der Waals surface area (Å²) in [5.74, 6) is -0.614. The summed E-state index contributed by atoms with van der Waals surface area (Å²) in [6.07, 6.45) is 3.82. The van der Waals surface area contributed by atoms with Gasteiger partial charge in [-0.1, -0.05) is 18.2 Å². The lowest BCUT2D eigenvalue weighted by molar-refractivity contribution is -0.121. The maximum Gasteiger partial charge on any atom is 0.246 e. The van der Waals surface area contributed by atoms with Gasteiger partial charge in [-0.3, -0.25) is 4.79 Å². The van der Waals surface area contributed by atoms with E-state index in [4.69, 9.17) is 5.73 Å². The number of sulfonamides is 1. The second kappa shape index (κ2) is 5.54. The van der Waals surface area contributed by atoms with Crippen LogP contribution in [0.25, 0.3) is 5.69 Å². The molecule has 0 aliphatic carbocycles. The second-order valence-electron chi connectivity index (χ2n) is 5.13. The Kier molecular flexibility index (Phi) is 3.71. The molecule has 2 heterocycles. The Bertz CT molecular complexity index is 785. The Morgan fingerprint density at radius 3 is 2.68 bits per heavy atom. The molecule has 1 aromatic heterocycles. The molecule has 1 aliphatic rings. The fourth-order valence-corrected chi connectivity index (χ4v) is 4.21. The average Bonchev–Trinajstić information content (AvgIpc) is 3.18. The third-order valence-corrected chi connectivity index (χ3v) is 5.58. The van der Waals surface area contributed by atoms with E-state index in [1.165, 1.54) is 21.4 Å². The van der Waals surface area contributed by atoms with Gasteiger partial charge in [-0.15, -0.1) is 0 Å². The first-order chi connectivity index (χ1) is 10.5. The predicted octanol–water partition coefficient (Wildman–Crippen LogP) is 0.511. The van der Waals surface area contributed by atoms with Crippen molar-refractivity contribution < 1.29 is 13.2 Å². The van der Waals surface area contributed by atoms with Crippen molar-refractivity contribution in [1.82, 2.24) is 14.1 Å². The number of nitrogens with two attached hydrogens (primary N) is 1. The van der Waals surface area contributed by atoms with Crippen LogP contribution in [0.2, 0.25) is 0 Å². The third kappa shape index (κ3) is 2.51. The van der Waals surface area contributed by atoms with Gasteiger partial charge in [0.1, 0.15) is 10.9 Å². The number of rotatable bonds is 4. The van der Waals surface area contributed by atoms with E-state index in [9.17, 15) is 13.2 Å². The minimum atomic E-state index is -3.77. The number of primary amides is 1. The van der Waals surface area contributed by atoms with Gasteiger partial charge in [-0.2, -0.15) is 9.40 Å². The van der Waals surface area contributed by atoms with Crippen LogP contribution in [0.15, 0.2) is 47.6 Å². The Balaban J connectivity index is 1.94. The van der Waals surface area contributed by atoms with Crippen LogP contribution in [0.3, 0.4) is 0 Å². The van der Waals surface area contributed by atoms with Gasteiger partial charge in [0.05, 0.1) is 18.1 Å². The zero-order valence-electron chi connectivity index (χ0n) is 11.8. The smallest absolute Gasteiger partial charge is 0.246 e. The number of aromatic nitrogens is 2. The highest BCUT2D eigenvalue weighted by molar-refractivity contribution is 7.89. The molecule has 0 unspecified atom stereocenters. The second-order valence-corrected chi connectivity index (χ2v) is 7.02.